The lowest BCUT2D eigenvalue weighted by atomic mass is 9.89. The van der Waals surface area contributed by atoms with Gasteiger partial charge in [-0.25, -0.2) is 0 Å². The number of hydrogen-bond donors (Lipinski definition) is 5. The average molecular weight is 649 g/mol. The van der Waals surface area contributed by atoms with Crippen molar-refractivity contribution in [3.05, 3.63) is 71.8 Å². The third-order valence-electron chi connectivity index (χ3n) is 7.99. The van der Waals surface area contributed by atoms with Crippen molar-refractivity contribution in [2.75, 3.05) is 20.1 Å². The van der Waals surface area contributed by atoms with Crippen molar-refractivity contribution in [1.29, 1.82) is 0 Å². The third kappa shape index (κ3) is 15.1. The molecule has 0 saturated carbocycles. The normalized spacial score (nSPS) is 14.0. The summed E-state index contributed by atoms with van der Waals surface area (Å²) in [5, 5.41) is 8.53. The standard InChI is InChI=1S/C36H52N6O5/c1-24(2)18-29(21-30(43)23-41-34(46)25(3)19-26-12-7-5-8-13-26)35(47)42-31(16-11-17-40-36(38)39-4)32(44)22-28(33(37)45)20-27-14-9-6-10-15-27/h5-10,12-15,24-25,28-29,31H,11,16-23H2,1-4H3,(H2,37,45)(H,41,46)(H,42,47)(H3,38,39,40)/t25-,28+,29+,31-/m0/s1. The van der Waals surface area contributed by atoms with Crippen molar-refractivity contribution in [1.82, 2.24) is 16.0 Å². The van der Waals surface area contributed by atoms with E-state index in [0.717, 1.165) is 11.1 Å². The molecule has 0 aliphatic heterocycles. The number of aliphatic imine (C=N–C) groups is 1. The van der Waals surface area contributed by atoms with E-state index >= 15 is 0 Å². The molecule has 11 nitrogen and oxygen atoms in total. The van der Waals surface area contributed by atoms with Gasteiger partial charge in [0.15, 0.2) is 17.5 Å². The van der Waals surface area contributed by atoms with Gasteiger partial charge in [-0.3, -0.25) is 29.0 Å². The van der Waals surface area contributed by atoms with Gasteiger partial charge in [-0.2, -0.15) is 0 Å². The molecule has 2 aromatic rings. The van der Waals surface area contributed by atoms with Crippen LogP contribution >= 0.6 is 0 Å². The minimum Gasteiger partial charge on any atom is -0.370 e. The molecule has 47 heavy (non-hydrogen) atoms. The number of ketones is 2. The lowest BCUT2D eigenvalue weighted by Crippen LogP contribution is -2.46. The molecule has 0 bridgehead atoms. The van der Waals surface area contributed by atoms with E-state index in [4.69, 9.17) is 11.5 Å². The highest BCUT2D eigenvalue weighted by Gasteiger charge is 2.30. The zero-order chi connectivity index (χ0) is 34.8. The van der Waals surface area contributed by atoms with Crippen LogP contribution in [0.15, 0.2) is 65.7 Å². The molecule has 0 unspecified atom stereocenters. The van der Waals surface area contributed by atoms with E-state index in [1.54, 1.807) is 14.0 Å². The molecule has 0 saturated heterocycles. The van der Waals surface area contributed by atoms with Gasteiger partial charge in [-0.15, -0.1) is 0 Å². The first-order chi connectivity index (χ1) is 22.4. The molecule has 7 N–H and O–H groups in total. The Balaban J connectivity index is 2.09. The van der Waals surface area contributed by atoms with Gasteiger partial charge in [0, 0.05) is 44.2 Å². The van der Waals surface area contributed by atoms with Crippen molar-refractivity contribution in [3.8, 4) is 0 Å². The maximum absolute atomic E-state index is 13.6. The number of carbonyl (C=O) groups excluding carboxylic acids is 5. The number of hydrogen-bond acceptors (Lipinski definition) is 6. The van der Waals surface area contributed by atoms with E-state index in [1.807, 2.05) is 74.5 Å². The van der Waals surface area contributed by atoms with Gasteiger partial charge < -0.3 is 27.4 Å². The second kappa shape index (κ2) is 20.6. The summed E-state index contributed by atoms with van der Waals surface area (Å²) < 4.78 is 0. The summed E-state index contributed by atoms with van der Waals surface area (Å²) in [7, 11) is 1.55. The number of Topliss-reactive ketones (excluding diaryl/α,β-unsaturated/α-hetero) is 2. The predicted molar refractivity (Wildman–Crippen MR) is 184 cm³/mol. The number of nitrogens with one attached hydrogen (secondary N) is 3. The fourth-order valence-corrected chi connectivity index (χ4v) is 5.38. The topological polar surface area (TPSA) is 186 Å². The number of benzene rings is 2. The van der Waals surface area contributed by atoms with Crippen LogP contribution in [0.25, 0.3) is 0 Å². The summed E-state index contributed by atoms with van der Waals surface area (Å²) in [6.45, 7) is 5.94. The summed E-state index contributed by atoms with van der Waals surface area (Å²) in [6.07, 6.45) is 1.80. The molecular formula is C36H52N6O5. The molecule has 2 aromatic carbocycles. The number of nitrogens with two attached hydrogens (primary N) is 2. The minimum atomic E-state index is -0.898. The fraction of sp³-hybridized carbons (Fsp3) is 0.500. The number of amides is 3. The first-order valence-electron chi connectivity index (χ1n) is 16.3. The van der Waals surface area contributed by atoms with Crippen LogP contribution in [0.5, 0.6) is 0 Å². The number of guanidine groups is 1. The lowest BCUT2D eigenvalue weighted by molar-refractivity contribution is -0.134. The fourth-order valence-electron chi connectivity index (χ4n) is 5.38. The van der Waals surface area contributed by atoms with Crippen molar-refractivity contribution < 1.29 is 24.0 Å². The zero-order valence-electron chi connectivity index (χ0n) is 28.2. The van der Waals surface area contributed by atoms with Crippen LogP contribution in [0.4, 0.5) is 0 Å². The molecule has 3 amide bonds. The molecule has 0 spiro atoms. The molecule has 0 fully saturated rings. The smallest absolute Gasteiger partial charge is 0.224 e. The average Bonchev–Trinajstić information content (AvgIpc) is 3.04. The van der Waals surface area contributed by atoms with E-state index in [9.17, 15) is 24.0 Å². The summed E-state index contributed by atoms with van der Waals surface area (Å²) in [4.78, 5) is 69.1. The second-order valence-corrected chi connectivity index (χ2v) is 12.6. The Kier molecular flexibility index (Phi) is 16.9. The maximum atomic E-state index is 13.6. The molecule has 0 heterocycles. The summed E-state index contributed by atoms with van der Waals surface area (Å²) in [6, 6.07) is 18.0. The van der Waals surface area contributed by atoms with E-state index in [-0.39, 0.29) is 61.1 Å². The Hall–Kier alpha value is -4.54. The second-order valence-electron chi connectivity index (χ2n) is 12.6. The van der Waals surface area contributed by atoms with Crippen LogP contribution in [-0.4, -0.2) is 61.4 Å². The van der Waals surface area contributed by atoms with Crippen molar-refractivity contribution in [2.24, 2.45) is 40.1 Å². The first-order valence-corrected chi connectivity index (χ1v) is 16.3. The monoisotopic (exact) mass is 648 g/mol. The Morgan fingerprint density at radius 3 is 1.91 bits per heavy atom. The first kappa shape index (κ1) is 38.6. The van der Waals surface area contributed by atoms with Crippen molar-refractivity contribution >= 4 is 35.2 Å². The molecule has 0 aliphatic rings. The number of primary amides is 1. The van der Waals surface area contributed by atoms with Gasteiger partial charge in [0.2, 0.25) is 17.7 Å². The number of carbonyl (C=O) groups is 5. The van der Waals surface area contributed by atoms with Gasteiger partial charge in [0.05, 0.1) is 12.6 Å². The van der Waals surface area contributed by atoms with Crippen LogP contribution in [0, 0.1) is 23.7 Å². The molecule has 256 valence electrons. The molecule has 0 aliphatic carbocycles. The summed E-state index contributed by atoms with van der Waals surface area (Å²) in [5.74, 6) is -3.26. The Morgan fingerprint density at radius 1 is 0.766 bits per heavy atom. The van der Waals surface area contributed by atoms with Gasteiger partial charge in [-0.1, -0.05) is 81.4 Å². The van der Waals surface area contributed by atoms with E-state index in [2.05, 4.69) is 20.9 Å². The quantitative estimate of drug-likeness (QED) is 0.0782. The third-order valence-corrected chi connectivity index (χ3v) is 7.99. The van der Waals surface area contributed by atoms with Gasteiger partial charge >= 0.3 is 0 Å². The van der Waals surface area contributed by atoms with Crippen molar-refractivity contribution in [2.45, 2.75) is 71.8 Å². The van der Waals surface area contributed by atoms with E-state index in [1.165, 1.54) is 0 Å². The molecular weight excluding hydrogens is 596 g/mol. The lowest BCUT2D eigenvalue weighted by Gasteiger charge is -2.24. The Morgan fingerprint density at radius 2 is 1.36 bits per heavy atom. The summed E-state index contributed by atoms with van der Waals surface area (Å²) >= 11 is 0. The molecule has 0 radical (unpaired) electrons. The molecule has 0 aromatic heterocycles. The number of nitrogens with zero attached hydrogens (tertiary/aromatic N) is 1. The van der Waals surface area contributed by atoms with E-state index in [0.29, 0.717) is 32.2 Å². The van der Waals surface area contributed by atoms with Crippen LogP contribution < -0.4 is 27.4 Å². The molecule has 11 heteroatoms. The zero-order valence-corrected chi connectivity index (χ0v) is 28.2. The Bertz CT molecular complexity index is 1330. The molecule has 2 rings (SSSR count). The van der Waals surface area contributed by atoms with Crippen LogP contribution in [0.2, 0.25) is 0 Å². The largest absolute Gasteiger partial charge is 0.370 e. The highest BCUT2D eigenvalue weighted by molar-refractivity contribution is 5.94. The van der Waals surface area contributed by atoms with E-state index < -0.39 is 29.7 Å². The predicted octanol–water partition coefficient (Wildman–Crippen LogP) is 2.71. The maximum Gasteiger partial charge on any atom is 0.224 e. The van der Waals surface area contributed by atoms with Gasteiger partial charge in [0.1, 0.15) is 0 Å². The van der Waals surface area contributed by atoms with Gasteiger partial charge in [-0.05, 0) is 49.1 Å². The Labute approximate surface area is 278 Å². The van der Waals surface area contributed by atoms with Gasteiger partial charge in [0.25, 0.3) is 0 Å². The highest BCUT2D eigenvalue weighted by Crippen LogP contribution is 2.19. The SMILES string of the molecule is CN=C(N)NCCC[C@H](NC(=O)[C@@H](CC(=O)CNC(=O)[C@@H](C)Cc1ccccc1)CC(C)C)C(=O)C[C@@H](Cc1ccccc1)C(N)=O. The summed E-state index contributed by atoms with van der Waals surface area (Å²) in [5.41, 5.74) is 13.3. The van der Waals surface area contributed by atoms with Crippen LogP contribution in [0.3, 0.4) is 0 Å². The highest BCUT2D eigenvalue weighted by atomic mass is 16.2. The van der Waals surface area contributed by atoms with Crippen LogP contribution in [-0.2, 0) is 36.8 Å². The van der Waals surface area contributed by atoms with Crippen molar-refractivity contribution in [3.63, 3.8) is 0 Å². The van der Waals surface area contributed by atoms with Crippen LogP contribution in [0.1, 0.15) is 64.0 Å². The number of rotatable bonds is 21. The molecule has 4 atom stereocenters. The minimum absolute atomic E-state index is 0.0821.